The number of halogens is 1. The smallest absolute Gasteiger partial charge is 0.269 e. The van der Waals surface area contributed by atoms with Crippen molar-refractivity contribution in [3.63, 3.8) is 0 Å². The monoisotopic (exact) mass is 528 g/mol. The topological polar surface area (TPSA) is 135 Å². The van der Waals surface area contributed by atoms with E-state index in [1.807, 2.05) is 0 Å². The lowest BCUT2D eigenvalue weighted by atomic mass is 9.59. The van der Waals surface area contributed by atoms with Crippen LogP contribution in [0.25, 0.3) is 0 Å². The molecule has 4 unspecified atom stereocenters. The fourth-order valence-electron chi connectivity index (χ4n) is 6.46. The number of anilines is 1. The van der Waals surface area contributed by atoms with Gasteiger partial charge in [-0.05, 0) is 50.0 Å². The second-order valence-corrected chi connectivity index (χ2v) is 10.2. The number of phenolic OH excluding ortho intramolecular Hbond substituents is 1. The van der Waals surface area contributed by atoms with Crippen molar-refractivity contribution in [3.8, 4) is 5.75 Å². The number of phenols is 1. The number of benzene rings is 2. The Morgan fingerprint density at radius 2 is 1.74 bits per heavy atom. The van der Waals surface area contributed by atoms with Gasteiger partial charge >= 0.3 is 0 Å². The van der Waals surface area contributed by atoms with Crippen molar-refractivity contribution in [2.45, 2.75) is 25.7 Å². The van der Waals surface area contributed by atoms with E-state index in [4.69, 9.17) is 0 Å². The van der Waals surface area contributed by atoms with E-state index >= 15 is 0 Å². The molecule has 1 heterocycles. The fraction of sp³-hybridized carbons (Fsp3) is 0.241. The first-order valence-corrected chi connectivity index (χ1v) is 12.4. The van der Waals surface area contributed by atoms with Gasteiger partial charge in [0.1, 0.15) is 0 Å². The number of non-ortho nitro benzene ring substituents is 1. The van der Waals surface area contributed by atoms with Gasteiger partial charge < -0.3 is 5.11 Å². The third kappa shape index (κ3) is 3.51. The Labute approximate surface area is 221 Å². The Morgan fingerprint density at radius 1 is 1.03 bits per heavy atom. The molecular weight excluding hydrogens is 507 g/mol. The summed E-state index contributed by atoms with van der Waals surface area (Å²) in [6, 6.07) is 9.07. The summed E-state index contributed by atoms with van der Waals surface area (Å²) in [5, 5.41) is 21.7. The predicted octanol–water partition coefficient (Wildman–Crippen LogP) is 4.07. The first-order chi connectivity index (χ1) is 18.6. The van der Waals surface area contributed by atoms with Crippen molar-refractivity contribution in [1.29, 1.82) is 0 Å². The Morgan fingerprint density at radius 3 is 2.44 bits per heavy atom. The van der Waals surface area contributed by atoms with Gasteiger partial charge in [0.15, 0.2) is 23.1 Å². The summed E-state index contributed by atoms with van der Waals surface area (Å²) < 4.78 is 14.5. The molecule has 2 aromatic carbocycles. The number of hydrogen-bond donors (Lipinski definition) is 1. The molecule has 0 saturated carbocycles. The molecule has 10 heteroatoms. The molecule has 2 aromatic rings. The molecule has 1 saturated heterocycles. The van der Waals surface area contributed by atoms with Gasteiger partial charge in [0.05, 0.1) is 22.4 Å². The number of Topliss-reactive ketones (excluding diaryl/α,β-unsaturated/α-hetero) is 1. The van der Waals surface area contributed by atoms with Gasteiger partial charge in [0, 0.05) is 40.3 Å². The van der Waals surface area contributed by atoms with Gasteiger partial charge in [-0.15, -0.1) is 0 Å². The highest BCUT2D eigenvalue weighted by atomic mass is 19.1. The number of para-hydroxylation sites is 1. The molecule has 0 radical (unpaired) electrons. The van der Waals surface area contributed by atoms with E-state index in [1.165, 1.54) is 49.4 Å². The first kappa shape index (κ1) is 24.6. The highest BCUT2D eigenvalue weighted by Gasteiger charge is 2.56. The number of nitrogens with zero attached hydrogens (tertiary/aromatic N) is 2. The molecule has 4 aliphatic rings. The van der Waals surface area contributed by atoms with E-state index in [9.17, 15) is 38.8 Å². The number of carbonyl (C=O) groups excluding carboxylic acids is 4. The lowest BCUT2D eigenvalue weighted by molar-refractivity contribution is -0.384. The zero-order valence-corrected chi connectivity index (χ0v) is 20.6. The third-order valence-electron chi connectivity index (χ3n) is 8.21. The molecule has 0 bridgehead atoms. The standard InChI is InChI=1S/C29H21FN2O7/c1-13-11-22(33)20-12-19-16(23(25(20)26(13)34)17-3-2-4-21(30)27(17)35)9-10-18-24(19)29(37)31(28(18)36)14-5-7-15(8-6-14)32(38)39/h2-9,11,18-19,23-24,35H,10,12H2,1H3. The maximum Gasteiger partial charge on any atom is 0.269 e. The van der Waals surface area contributed by atoms with Crippen molar-refractivity contribution in [2.75, 3.05) is 4.90 Å². The van der Waals surface area contributed by atoms with Crippen molar-refractivity contribution >= 4 is 34.8 Å². The van der Waals surface area contributed by atoms with Crippen LogP contribution < -0.4 is 4.90 Å². The highest BCUT2D eigenvalue weighted by Crippen LogP contribution is 2.56. The summed E-state index contributed by atoms with van der Waals surface area (Å²) in [5.74, 6) is -6.51. The summed E-state index contributed by atoms with van der Waals surface area (Å²) in [5.41, 5.74) is 1.28. The summed E-state index contributed by atoms with van der Waals surface area (Å²) in [6.07, 6.45) is 3.21. The van der Waals surface area contributed by atoms with E-state index in [-0.39, 0.29) is 52.3 Å². The molecular formula is C29H21FN2O7. The van der Waals surface area contributed by atoms with E-state index in [0.717, 1.165) is 11.0 Å². The second kappa shape index (κ2) is 8.65. The van der Waals surface area contributed by atoms with Gasteiger partial charge in [-0.25, -0.2) is 4.39 Å². The zero-order chi connectivity index (χ0) is 27.7. The van der Waals surface area contributed by atoms with Gasteiger partial charge in [-0.2, -0.15) is 0 Å². The summed E-state index contributed by atoms with van der Waals surface area (Å²) >= 11 is 0. The molecule has 1 N–H and O–H groups in total. The number of ketones is 2. The van der Waals surface area contributed by atoms with Crippen LogP contribution in [0.4, 0.5) is 15.8 Å². The number of fused-ring (bicyclic) bond motifs is 3. The van der Waals surface area contributed by atoms with Crippen LogP contribution in [-0.2, 0) is 19.2 Å². The third-order valence-corrected chi connectivity index (χ3v) is 8.21. The number of amides is 2. The first-order valence-electron chi connectivity index (χ1n) is 12.4. The van der Waals surface area contributed by atoms with Crippen LogP contribution in [0, 0.1) is 33.7 Å². The Bertz CT molecular complexity index is 1620. The van der Waals surface area contributed by atoms with Crippen molar-refractivity contribution in [2.24, 2.45) is 17.8 Å². The van der Waals surface area contributed by atoms with Crippen LogP contribution in [-0.4, -0.2) is 33.4 Å². The van der Waals surface area contributed by atoms with Gasteiger partial charge in [-0.1, -0.05) is 23.8 Å². The maximum atomic E-state index is 14.5. The van der Waals surface area contributed by atoms with Crippen LogP contribution in [0.1, 0.15) is 31.2 Å². The average Bonchev–Trinajstić information content (AvgIpc) is 3.17. The van der Waals surface area contributed by atoms with Crippen molar-refractivity contribution in [3.05, 3.63) is 98.4 Å². The van der Waals surface area contributed by atoms with Crippen LogP contribution in [0.3, 0.4) is 0 Å². The van der Waals surface area contributed by atoms with E-state index in [0.29, 0.717) is 5.57 Å². The molecule has 3 aliphatic carbocycles. The molecule has 1 aliphatic heterocycles. The largest absolute Gasteiger partial charge is 0.505 e. The molecule has 0 spiro atoms. The molecule has 39 heavy (non-hydrogen) atoms. The number of hydrogen-bond acceptors (Lipinski definition) is 7. The SMILES string of the molecule is CC1=CC(=O)C2=C(C1=O)C(c1cccc(F)c1O)C1=CCC3C(=O)N(c4ccc([N+](=O)[O-])cc4)C(=O)C3C1C2. The quantitative estimate of drug-likeness (QED) is 0.209. The molecule has 196 valence electrons. The summed E-state index contributed by atoms with van der Waals surface area (Å²) in [4.78, 5) is 65.2. The number of nitro benzene ring substituents is 1. The molecule has 9 nitrogen and oxygen atoms in total. The van der Waals surface area contributed by atoms with Gasteiger partial charge in [0.25, 0.3) is 5.69 Å². The highest BCUT2D eigenvalue weighted by molar-refractivity contribution is 6.25. The molecule has 0 aromatic heterocycles. The number of aromatic hydroxyl groups is 1. The zero-order valence-electron chi connectivity index (χ0n) is 20.6. The lowest BCUT2D eigenvalue weighted by Gasteiger charge is -2.42. The minimum atomic E-state index is -0.966. The Hall–Kier alpha value is -4.73. The van der Waals surface area contributed by atoms with Crippen molar-refractivity contribution in [1.82, 2.24) is 0 Å². The predicted molar refractivity (Wildman–Crippen MR) is 135 cm³/mol. The van der Waals surface area contributed by atoms with Crippen LogP contribution in [0.2, 0.25) is 0 Å². The van der Waals surface area contributed by atoms with Crippen LogP contribution >= 0.6 is 0 Å². The molecule has 1 fully saturated rings. The second-order valence-electron chi connectivity index (χ2n) is 10.2. The lowest BCUT2D eigenvalue weighted by Crippen LogP contribution is -2.39. The number of rotatable bonds is 3. The van der Waals surface area contributed by atoms with Crippen LogP contribution in [0.15, 0.2) is 76.9 Å². The minimum absolute atomic E-state index is 0.0381. The summed E-state index contributed by atoms with van der Waals surface area (Å²) in [7, 11) is 0. The Balaban J connectivity index is 1.47. The van der Waals surface area contributed by atoms with Crippen molar-refractivity contribution < 1.29 is 33.6 Å². The van der Waals surface area contributed by atoms with Crippen LogP contribution in [0.5, 0.6) is 5.75 Å². The minimum Gasteiger partial charge on any atom is -0.505 e. The Kier molecular flexibility index (Phi) is 5.46. The van der Waals surface area contributed by atoms with E-state index in [2.05, 4.69) is 0 Å². The van der Waals surface area contributed by atoms with Gasteiger partial charge in [0.2, 0.25) is 11.8 Å². The van der Waals surface area contributed by atoms with E-state index in [1.54, 1.807) is 6.08 Å². The normalized spacial score (nSPS) is 26.2. The number of carbonyl (C=O) groups is 4. The number of allylic oxidation sites excluding steroid dienone is 6. The number of nitro groups is 1. The maximum absolute atomic E-state index is 14.5. The number of imide groups is 1. The molecule has 4 atom stereocenters. The fourth-order valence-corrected chi connectivity index (χ4v) is 6.46. The van der Waals surface area contributed by atoms with E-state index < -0.39 is 57.8 Å². The van der Waals surface area contributed by atoms with Gasteiger partial charge in [-0.3, -0.25) is 34.2 Å². The molecule has 6 rings (SSSR count). The average molecular weight is 528 g/mol. The summed E-state index contributed by atoms with van der Waals surface area (Å²) in [6.45, 7) is 1.52. The molecule has 2 amide bonds.